The molecular formula is C13H17N3S. The summed E-state index contributed by atoms with van der Waals surface area (Å²) in [5.74, 6) is 0.715. The van der Waals surface area contributed by atoms with Crippen molar-refractivity contribution in [1.82, 2.24) is 9.78 Å². The highest BCUT2D eigenvalue weighted by atomic mass is 32.2. The maximum Gasteiger partial charge on any atom is 0.140 e. The van der Waals surface area contributed by atoms with Crippen molar-refractivity contribution < 1.29 is 0 Å². The van der Waals surface area contributed by atoms with Gasteiger partial charge in [-0.15, -0.1) is 11.8 Å². The number of aryl methyl sites for hydroxylation is 3. The van der Waals surface area contributed by atoms with Gasteiger partial charge in [-0.2, -0.15) is 5.10 Å². The molecule has 0 amide bonds. The lowest BCUT2D eigenvalue weighted by Gasteiger charge is -2.12. The first-order chi connectivity index (χ1) is 8.04. The Kier molecular flexibility index (Phi) is 3.15. The number of aromatic nitrogens is 2. The van der Waals surface area contributed by atoms with Gasteiger partial charge in [0.2, 0.25) is 0 Å². The van der Waals surface area contributed by atoms with Crippen molar-refractivity contribution in [1.29, 1.82) is 0 Å². The van der Waals surface area contributed by atoms with Gasteiger partial charge in [0.05, 0.1) is 16.8 Å². The summed E-state index contributed by atoms with van der Waals surface area (Å²) in [4.78, 5) is 1.02. The van der Waals surface area contributed by atoms with E-state index in [4.69, 9.17) is 5.73 Å². The van der Waals surface area contributed by atoms with E-state index in [-0.39, 0.29) is 0 Å². The number of nitrogens with two attached hydrogens (primary N) is 1. The predicted molar refractivity (Wildman–Crippen MR) is 74.0 cm³/mol. The smallest absolute Gasteiger partial charge is 0.140 e. The van der Waals surface area contributed by atoms with Crippen molar-refractivity contribution in [2.75, 3.05) is 12.0 Å². The van der Waals surface area contributed by atoms with Crippen molar-refractivity contribution in [3.05, 3.63) is 35.0 Å². The number of nitrogen functional groups attached to an aromatic ring is 1. The molecule has 0 aliphatic rings. The number of benzene rings is 1. The van der Waals surface area contributed by atoms with Gasteiger partial charge in [0.1, 0.15) is 5.82 Å². The van der Waals surface area contributed by atoms with E-state index in [9.17, 15) is 0 Å². The molecule has 0 spiro atoms. The van der Waals surface area contributed by atoms with Crippen LogP contribution in [0.15, 0.2) is 23.2 Å². The fourth-order valence-electron chi connectivity index (χ4n) is 2.18. The summed E-state index contributed by atoms with van der Waals surface area (Å²) in [6, 6.07) is 4.31. The molecule has 1 aromatic carbocycles. The Morgan fingerprint density at radius 1 is 1.18 bits per heavy atom. The lowest BCUT2D eigenvalue weighted by Crippen LogP contribution is -2.06. The molecule has 0 aliphatic carbocycles. The third kappa shape index (κ3) is 2.05. The average molecular weight is 247 g/mol. The molecule has 90 valence electrons. The number of hydrogen-bond donors (Lipinski definition) is 1. The molecule has 0 saturated carbocycles. The van der Waals surface area contributed by atoms with Gasteiger partial charge < -0.3 is 5.73 Å². The molecule has 3 nitrogen and oxygen atoms in total. The Bertz CT molecular complexity index is 535. The van der Waals surface area contributed by atoms with Gasteiger partial charge in [0.15, 0.2) is 0 Å². The highest BCUT2D eigenvalue weighted by Gasteiger charge is 2.12. The second-order valence-electron chi connectivity index (χ2n) is 4.26. The van der Waals surface area contributed by atoms with Crippen LogP contribution in [0.25, 0.3) is 5.69 Å². The van der Waals surface area contributed by atoms with E-state index in [1.54, 1.807) is 11.8 Å². The van der Waals surface area contributed by atoms with Crippen LogP contribution in [0, 0.1) is 20.8 Å². The van der Waals surface area contributed by atoms with Gasteiger partial charge in [-0.3, -0.25) is 0 Å². The van der Waals surface area contributed by atoms with Gasteiger partial charge in [0, 0.05) is 0 Å². The van der Waals surface area contributed by atoms with E-state index in [0.29, 0.717) is 5.82 Å². The molecule has 2 aromatic rings. The van der Waals surface area contributed by atoms with E-state index in [0.717, 1.165) is 10.6 Å². The maximum absolute atomic E-state index is 6.10. The standard InChI is InChI=1S/C13H17N3S/c1-8-5-9(2)12(10(3)6-8)16-13(14)11(17-4)7-15-16/h5-7H,14H2,1-4H3. The van der Waals surface area contributed by atoms with E-state index in [2.05, 4.69) is 38.0 Å². The number of nitrogens with zero attached hydrogens (tertiary/aromatic N) is 2. The zero-order valence-electron chi connectivity index (χ0n) is 10.6. The third-order valence-corrected chi connectivity index (χ3v) is 3.59. The predicted octanol–water partition coefficient (Wildman–Crippen LogP) is 3.10. The molecule has 4 heteroatoms. The van der Waals surface area contributed by atoms with Gasteiger partial charge in [-0.25, -0.2) is 4.68 Å². The summed E-state index contributed by atoms with van der Waals surface area (Å²) in [7, 11) is 0. The molecule has 2 rings (SSSR count). The topological polar surface area (TPSA) is 43.8 Å². The lowest BCUT2D eigenvalue weighted by atomic mass is 10.1. The summed E-state index contributed by atoms with van der Waals surface area (Å²) >= 11 is 1.62. The van der Waals surface area contributed by atoms with Crippen molar-refractivity contribution in [3.8, 4) is 5.69 Å². The highest BCUT2D eigenvalue weighted by molar-refractivity contribution is 7.98. The molecule has 0 unspecified atom stereocenters. The highest BCUT2D eigenvalue weighted by Crippen LogP contribution is 2.28. The Morgan fingerprint density at radius 3 is 2.24 bits per heavy atom. The fraction of sp³-hybridized carbons (Fsp3) is 0.308. The Hall–Kier alpha value is -1.42. The minimum Gasteiger partial charge on any atom is -0.383 e. The van der Waals surface area contributed by atoms with Crippen LogP contribution in [-0.2, 0) is 0 Å². The molecule has 0 bridgehead atoms. The van der Waals surface area contributed by atoms with Crippen LogP contribution in [0.4, 0.5) is 5.82 Å². The SMILES string of the molecule is CSc1cnn(-c2c(C)cc(C)cc2C)c1N. The summed E-state index contributed by atoms with van der Waals surface area (Å²) in [5, 5.41) is 4.38. The second kappa shape index (κ2) is 4.45. The molecule has 2 N–H and O–H groups in total. The largest absolute Gasteiger partial charge is 0.383 e. The van der Waals surface area contributed by atoms with Crippen molar-refractivity contribution in [2.24, 2.45) is 0 Å². The minimum atomic E-state index is 0.715. The number of rotatable bonds is 2. The zero-order valence-corrected chi connectivity index (χ0v) is 11.4. The van der Waals surface area contributed by atoms with Crippen LogP contribution in [0.2, 0.25) is 0 Å². The first-order valence-electron chi connectivity index (χ1n) is 5.50. The molecule has 1 aromatic heterocycles. The van der Waals surface area contributed by atoms with Crippen LogP contribution in [-0.4, -0.2) is 16.0 Å². The molecule has 0 fully saturated rings. The van der Waals surface area contributed by atoms with Crippen LogP contribution in [0.3, 0.4) is 0 Å². The van der Waals surface area contributed by atoms with Gasteiger partial charge in [-0.05, 0) is 38.2 Å². The van der Waals surface area contributed by atoms with Gasteiger partial charge >= 0.3 is 0 Å². The van der Waals surface area contributed by atoms with E-state index < -0.39 is 0 Å². The summed E-state index contributed by atoms with van der Waals surface area (Å²) < 4.78 is 1.83. The fourth-order valence-corrected chi connectivity index (χ4v) is 2.63. The maximum atomic E-state index is 6.10. The normalized spacial score (nSPS) is 10.8. The lowest BCUT2D eigenvalue weighted by molar-refractivity contribution is 0.873. The molecule has 1 heterocycles. The summed E-state index contributed by atoms with van der Waals surface area (Å²) in [6.45, 7) is 6.29. The zero-order chi connectivity index (χ0) is 12.6. The van der Waals surface area contributed by atoms with Gasteiger partial charge in [0.25, 0.3) is 0 Å². The monoisotopic (exact) mass is 247 g/mol. The van der Waals surface area contributed by atoms with Crippen molar-refractivity contribution >= 4 is 17.6 Å². The minimum absolute atomic E-state index is 0.715. The van der Waals surface area contributed by atoms with Gasteiger partial charge in [-0.1, -0.05) is 17.7 Å². The Balaban J connectivity index is 2.64. The van der Waals surface area contributed by atoms with E-state index in [1.165, 1.54) is 16.7 Å². The van der Waals surface area contributed by atoms with Crippen LogP contribution < -0.4 is 5.73 Å². The molecule has 0 saturated heterocycles. The molecular weight excluding hydrogens is 230 g/mol. The number of thioether (sulfide) groups is 1. The van der Waals surface area contributed by atoms with E-state index in [1.807, 2.05) is 17.1 Å². The summed E-state index contributed by atoms with van der Waals surface area (Å²) in [6.07, 6.45) is 3.82. The molecule has 17 heavy (non-hydrogen) atoms. The van der Waals surface area contributed by atoms with E-state index >= 15 is 0 Å². The Labute approximate surface area is 106 Å². The first kappa shape index (κ1) is 12.0. The van der Waals surface area contributed by atoms with Crippen molar-refractivity contribution in [2.45, 2.75) is 25.7 Å². The van der Waals surface area contributed by atoms with Crippen LogP contribution in [0.1, 0.15) is 16.7 Å². The van der Waals surface area contributed by atoms with Crippen LogP contribution in [0.5, 0.6) is 0 Å². The second-order valence-corrected chi connectivity index (χ2v) is 5.11. The molecule has 0 radical (unpaired) electrons. The quantitative estimate of drug-likeness (QED) is 0.829. The summed E-state index contributed by atoms with van der Waals surface area (Å²) in [5.41, 5.74) is 10.9. The molecule has 0 atom stereocenters. The average Bonchev–Trinajstić information content (AvgIpc) is 2.59. The first-order valence-corrected chi connectivity index (χ1v) is 6.72. The van der Waals surface area contributed by atoms with Crippen molar-refractivity contribution in [3.63, 3.8) is 0 Å². The Morgan fingerprint density at radius 2 is 1.76 bits per heavy atom. The number of hydrogen-bond acceptors (Lipinski definition) is 3. The third-order valence-electron chi connectivity index (χ3n) is 2.84. The number of anilines is 1. The van der Waals surface area contributed by atoms with Crippen LogP contribution >= 0.6 is 11.8 Å². The molecule has 0 aliphatic heterocycles.